The minimum Gasteiger partial charge on any atom is -0.495 e. The van der Waals surface area contributed by atoms with Crippen molar-refractivity contribution in [1.29, 1.82) is 0 Å². The first-order valence-corrected chi connectivity index (χ1v) is 6.62. The Labute approximate surface area is 110 Å². The number of nitrogens with one attached hydrogen (secondary N) is 1. The van der Waals surface area contributed by atoms with Crippen LogP contribution in [0.4, 0.5) is 5.69 Å². The normalized spacial score (nSPS) is 26.0. The van der Waals surface area contributed by atoms with Crippen LogP contribution in [-0.4, -0.2) is 19.2 Å². The molecule has 2 rings (SSSR count). The molecular weight excluding hydrogens is 224 g/mol. The van der Waals surface area contributed by atoms with Crippen LogP contribution in [0.5, 0.6) is 5.75 Å². The van der Waals surface area contributed by atoms with Crippen molar-refractivity contribution in [3.05, 3.63) is 24.3 Å². The van der Waals surface area contributed by atoms with Gasteiger partial charge in [0.1, 0.15) is 5.75 Å². The lowest BCUT2D eigenvalue weighted by molar-refractivity contribution is 0.350. The van der Waals surface area contributed by atoms with Crippen molar-refractivity contribution in [3.63, 3.8) is 0 Å². The van der Waals surface area contributed by atoms with E-state index in [1.807, 2.05) is 18.2 Å². The molecule has 1 saturated carbocycles. The molecule has 0 bridgehead atoms. The fraction of sp³-hybridized carbons (Fsp3) is 0.600. The Morgan fingerprint density at radius 1 is 1.28 bits per heavy atom. The van der Waals surface area contributed by atoms with Gasteiger partial charge >= 0.3 is 0 Å². The maximum atomic E-state index is 6.03. The van der Waals surface area contributed by atoms with E-state index in [0.29, 0.717) is 12.0 Å². The van der Waals surface area contributed by atoms with Gasteiger partial charge in [0.2, 0.25) is 0 Å². The van der Waals surface area contributed by atoms with Crippen molar-refractivity contribution in [2.45, 2.75) is 38.6 Å². The summed E-state index contributed by atoms with van der Waals surface area (Å²) in [5.41, 5.74) is 7.45. The van der Waals surface area contributed by atoms with Crippen LogP contribution in [0.2, 0.25) is 0 Å². The van der Waals surface area contributed by atoms with E-state index in [1.54, 1.807) is 7.11 Å². The fourth-order valence-corrected chi connectivity index (χ4v) is 3.04. The lowest BCUT2D eigenvalue weighted by Gasteiger charge is -2.32. The molecule has 0 aliphatic heterocycles. The molecule has 1 unspecified atom stereocenters. The van der Waals surface area contributed by atoms with Crippen molar-refractivity contribution in [1.82, 2.24) is 0 Å². The van der Waals surface area contributed by atoms with E-state index in [4.69, 9.17) is 10.5 Å². The van der Waals surface area contributed by atoms with Crippen LogP contribution in [-0.2, 0) is 0 Å². The zero-order valence-corrected chi connectivity index (χ0v) is 11.6. The van der Waals surface area contributed by atoms with Crippen LogP contribution < -0.4 is 15.8 Å². The van der Waals surface area contributed by atoms with E-state index in [2.05, 4.69) is 25.2 Å². The zero-order chi connectivity index (χ0) is 13.2. The summed E-state index contributed by atoms with van der Waals surface area (Å²) in [5, 5.41) is 3.63. The highest BCUT2D eigenvalue weighted by Gasteiger charge is 2.42. The van der Waals surface area contributed by atoms with Crippen molar-refractivity contribution in [2.24, 2.45) is 11.1 Å². The van der Waals surface area contributed by atoms with Gasteiger partial charge in [0, 0.05) is 6.54 Å². The molecule has 0 heterocycles. The Morgan fingerprint density at radius 2 is 2.00 bits per heavy atom. The second kappa shape index (κ2) is 4.81. The Kier molecular flexibility index (Phi) is 3.53. The van der Waals surface area contributed by atoms with E-state index in [1.165, 1.54) is 6.42 Å². The quantitative estimate of drug-likeness (QED) is 0.861. The highest BCUT2D eigenvalue weighted by atomic mass is 16.5. The van der Waals surface area contributed by atoms with Gasteiger partial charge in [0.05, 0.1) is 18.3 Å². The molecule has 1 aliphatic carbocycles. The largest absolute Gasteiger partial charge is 0.495 e. The third-order valence-electron chi connectivity index (χ3n) is 3.99. The summed E-state index contributed by atoms with van der Waals surface area (Å²) in [5.74, 6) is 0.884. The third kappa shape index (κ3) is 2.61. The predicted molar refractivity (Wildman–Crippen MR) is 76.0 cm³/mol. The van der Waals surface area contributed by atoms with Gasteiger partial charge in [-0.1, -0.05) is 26.0 Å². The standard InChI is InChI=1S/C15H24N2O/c1-14(2)8-9-15(10-14,11-16)17-12-6-4-5-7-13(12)18-3/h4-7,17H,8-11,16H2,1-3H3. The molecule has 1 aliphatic rings. The van der Waals surface area contributed by atoms with Gasteiger partial charge in [0.15, 0.2) is 0 Å². The molecule has 1 aromatic carbocycles. The third-order valence-corrected chi connectivity index (χ3v) is 3.99. The van der Waals surface area contributed by atoms with Gasteiger partial charge in [-0.25, -0.2) is 0 Å². The molecule has 3 nitrogen and oxygen atoms in total. The van der Waals surface area contributed by atoms with Gasteiger partial charge in [-0.15, -0.1) is 0 Å². The van der Waals surface area contributed by atoms with Gasteiger partial charge in [-0.3, -0.25) is 0 Å². The highest BCUT2D eigenvalue weighted by Crippen LogP contribution is 2.45. The SMILES string of the molecule is COc1ccccc1NC1(CN)CCC(C)(C)C1. The van der Waals surface area contributed by atoms with Crippen LogP contribution in [0.3, 0.4) is 0 Å². The summed E-state index contributed by atoms with van der Waals surface area (Å²) in [6, 6.07) is 8.04. The topological polar surface area (TPSA) is 47.3 Å². The van der Waals surface area contributed by atoms with E-state index < -0.39 is 0 Å². The van der Waals surface area contributed by atoms with E-state index in [-0.39, 0.29) is 5.54 Å². The number of rotatable bonds is 4. The van der Waals surface area contributed by atoms with Crippen LogP contribution in [0.25, 0.3) is 0 Å². The second-order valence-electron chi connectivity index (χ2n) is 6.15. The van der Waals surface area contributed by atoms with Gasteiger partial charge in [0.25, 0.3) is 0 Å². The van der Waals surface area contributed by atoms with Crippen LogP contribution >= 0.6 is 0 Å². The number of anilines is 1. The second-order valence-corrected chi connectivity index (χ2v) is 6.15. The van der Waals surface area contributed by atoms with E-state index >= 15 is 0 Å². The maximum absolute atomic E-state index is 6.03. The molecule has 18 heavy (non-hydrogen) atoms. The predicted octanol–water partition coefficient (Wildman–Crippen LogP) is 3.01. The zero-order valence-electron chi connectivity index (χ0n) is 11.6. The summed E-state index contributed by atoms with van der Waals surface area (Å²) >= 11 is 0. The summed E-state index contributed by atoms with van der Waals surface area (Å²) < 4.78 is 5.39. The smallest absolute Gasteiger partial charge is 0.141 e. The number of ether oxygens (including phenoxy) is 1. The molecule has 0 aromatic heterocycles. The number of hydrogen-bond donors (Lipinski definition) is 2. The molecule has 1 atom stereocenters. The molecule has 0 radical (unpaired) electrons. The molecule has 1 aromatic rings. The lowest BCUT2D eigenvalue weighted by atomic mass is 9.87. The van der Waals surface area contributed by atoms with Gasteiger partial charge < -0.3 is 15.8 Å². The van der Waals surface area contributed by atoms with Crippen molar-refractivity contribution >= 4 is 5.69 Å². The van der Waals surface area contributed by atoms with Gasteiger partial charge in [-0.2, -0.15) is 0 Å². The first kappa shape index (κ1) is 13.2. The molecule has 100 valence electrons. The van der Waals surface area contributed by atoms with Crippen LogP contribution in [0.15, 0.2) is 24.3 Å². The molecule has 1 fully saturated rings. The number of nitrogens with two attached hydrogens (primary N) is 1. The van der Waals surface area contributed by atoms with Crippen LogP contribution in [0.1, 0.15) is 33.1 Å². The molecule has 3 N–H and O–H groups in total. The summed E-state index contributed by atoms with van der Waals surface area (Å²) in [6.45, 7) is 5.29. The first-order chi connectivity index (χ1) is 8.50. The summed E-state index contributed by atoms with van der Waals surface area (Å²) in [4.78, 5) is 0. The van der Waals surface area contributed by atoms with Gasteiger partial charge in [-0.05, 0) is 36.8 Å². The number of methoxy groups -OCH3 is 1. The summed E-state index contributed by atoms with van der Waals surface area (Å²) in [7, 11) is 1.70. The summed E-state index contributed by atoms with van der Waals surface area (Å²) in [6.07, 6.45) is 3.44. The monoisotopic (exact) mass is 248 g/mol. The Hall–Kier alpha value is -1.22. The molecule has 0 amide bonds. The molecule has 0 spiro atoms. The minimum absolute atomic E-state index is 0.0120. The lowest BCUT2D eigenvalue weighted by Crippen LogP contribution is -2.43. The average Bonchev–Trinajstić information content (AvgIpc) is 2.66. The molecule has 3 heteroatoms. The Balaban J connectivity index is 2.21. The Morgan fingerprint density at radius 3 is 2.56 bits per heavy atom. The first-order valence-electron chi connectivity index (χ1n) is 6.62. The van der Waals surface area contributed by atoms with Crippen molar-refractivity contribution in [3.8, 4) is 5.75 Å². The van der Waals surface area contributed by atoms with E-state index in [9.17, 15) is 0 Å². The molecular formula is C15H24N2O. The number of hydrogen-bond acceptors (Lipinski definition) is 3. The van der Waals surface area contributed by atoms with Crippen LogP contribution in [0, 0.1) is 5.41 Å². The number of benzene rings is 1. The van der Waals surface area contributed by atoms with E-state index in [0.717, 1.165) is 24.3 Å². The average molecular weight is 248 g/mol. The maximum Gasteiger partial charge on any atom is 0.141 e. The minimum atomic E-state index is 0.0120. The molecule has 0 saturated heterocycles. The highest BCUT2D eigenvalue weighted by molar-refractivity contribution is 5.58. The van der Waals surface area contributed by atoms with Crippen molar-refractivity contribution in [2.75, 3.05) is 19.0 Å². The fourth-order valence-electron chi connectivity index (χ4n) is 3.04. The number of para-hydroxylation sites is 2. The Bertz CT molecular complexity index is 417. The van der Waals surface area contributed by atoms with Crippen molar-refractivity contribution < 1.29 is 4.74 Å².